The number of allylic oxidation sites excluding steroid dienone is 2. The van der Waals surface area contributed by atoms with E-state index in [1.54, 1.807) is 13.0 Å². The second kappa shape index (κ2) is 7.32. The number of methoxy groups -OCH3 is 1. The zero-order valence-electron chi connectivity index (χ0n) is 13.4. The molecule has 1 heterocycles. The number of ether oxygens (including phenoxy) is 1. The summed E-state index contributed by atoms with van der Waals surface area (Å²) < 4.78 is 10.8. The van der Waals surface area contributed by atoms with Gasteiger partial charge in [-0.3, -0.25) is 4.79 Å². The topological polar surface area (TPSA) is 39.4 Å². The molecule has 0 aromatic carbocycles. The maximum absolute atomic E-state index is 11.9. The van der Waals surface area contributed by atoms with Gasteiger partial charge in [0.15, 0.2) is 5.43 Å². The fourth-order valence-electron chi connectivity index (χ4n) is 2.30. The predicted molar refractivity (Wildman–Crippen MR) is 83.2 cm³/mol. The third-order valence-electron chi connectivity index (χ3n) is 3.72. The summed E-state index contributed by atoms with van der Waals surface area (Å²) >= 11 is 0. The second-order valence-corrected chi connectivity index (χ2v) is 5.67. The molecular weight excluding hydrogens is 252 g/mol. The molecule has 0 N–H and O–H groups in total. The highest BCUT2D eigenvalue weighted by Gasteiger charge is 2.11. The molecule has 3 heteroatoms. The molecule has 2 unspecified atom stereocenters. The van der Waals surface area contributed by atoms with Gasteiger partial charge in [-0.25, -0.2) is 0 Å². The Morgan fingerprint density at radius 2 is 2.10 bits per heavy atom. The molecule has 0 saturated heterocycles. The van der Waals surface area contributed by atoms with Crippen molar-refractivity contribution in [2.75, 3.05) is 7.11 Å². The Kier molecular flexibility index (Phi) is 6.05. The summed E-state index contributed by atoms with van der Waals surface area (Å²) in [6, 6.07) is 1.54. The zero-order valence-corrected chi connectivity index (χ0v) is 13.4. The van der Waals surface area contributed by atoms with E-state index in [2.05, 4.69) is 26.8 Å². The number of hydrogen-bond acceptors (Lipinski definition) is 3. The highest BCUT2D eigenvalue weighted by atomic mass is 16.6. The van der Waals surface area contributed by atoms with E-state index in [9.17, 15) is 4.79 Å². The normalized spacial score (nSPS) is 15.0. The Bertz CT molecular complexity index is 526. The van der Waals surface area contributed by atoms with Gasteiger partial charge in [-0.15, -0.1) is 0 Å². The summed E-state index contributed by atoms with van der Waals surface area (Å²) in [6.45, 7) is 10.3. The predicted octanol–water partition coefficient (Wildman–Crippen LogP) is 4.43. The first-order valence-electron chi connectivity index (χ1n) is 7.26. The molecule has 0 aliphatic rings. The van der Waals surface area contributed by atoms with Crippen molar-refractivity contribution >= 4 is 5.57 Å². The first-order valence-corrected chi connectivity index (χ1v) is 7.26. The summed E-state index contributed by atoms with van der Waals surface area (Å²) in [4.78, 5) is 11.9. The summed E-state index contributed by atoms with van der Waals surface area (Å²) in [5.74, 6) is 2.06. The van der Waals surface area contributed by atoms with Gasteiger partial charge in [0.2, 0.25) is 0 Å². The lowest BCUT2D eigenvalue weighted by Crippen LogP contribution is -2.07. The van der Waals surface area contributed by atoms with Gasteiger partial charge < -0.3 is 9.15 Å². The molecule has 3 nitrogen and oxygen atoms in total. The van der Waals surface area contributed by atoms with Crippen LogP contribution in [0.1, 0.15) is 51.9 Å². The number of rotatable bonds is 6. The van der Waals surface area contributed by atoms with Crippen molar-refractivity contribution in [2.24, 2.45) is 11.8 Å². The van der Waals surface area contributed by atoms with Gasteiger partial charge in [-0.1, -0.05) is 33.3 Å². The van der Waals surface area contributed by atoms with Gasteiger partial charge >= 0.3 is 0 Å². The van der Waals surface area contributed by atoms with E-state index in [-0.39, 0.29) is 5.43 Å². The van der Waals surface area contributed by atoms with Gasteiger partial charge in [-0.2, -0.15) is 0 Å². The molecule has 0 saturated carbocycles. The minimum absolute atomic E-state index is 0.0505. The van der Waals surface area contributed by atoms with Crippen LogP contribution in [0.3, 0.4) is 0 Å². The van der Waals surface area contributed by atoms with E-state index in [1.807, 2.05) is 6.92 Å². The quantitative estimate of drug-likeness (QED) is 0.772. The fourth-order valence-corrected chi connectivity index (χ4v) is 2.30. The van der Waals surface area contributed by atoms with Crippen LogP contribution in [-0.4, -0.2) is 7.11 Å². The average Bonchev–Trinajstić information content (AvgIpc) is 2.41. The van der Waals surface area contributed by atoms with Crippen LogP contribution in [0.4, 0.5) is 0 Å². The molecule has 0 aliphatic carbocycles. The SMILES string of the molecule is CCC(C)CC(C)C=C(C)c1cc(=O)c(C)c(OC)o1. The molecule has 1 aromatic heterocycles. The molecule has 2 atom stereocenters. The van der Waals surface area contributed by atoms with Crippen molar-refractivity contribution in [1.29, 1.82) is 0 Å². The third-order valence-corrected chi connectivity index (χ3v) is 3.72. The number of hydrogen-bond donors (Lipinski definition) is 0. The highest BCUT2D eigenvalue weighted by Crippen LogP contribution is 2.24. The average molecular weight is 278 g/mol. The van der Waals surface area contributed by atoms with Gasteiger partial charge in [0.1, 0.15) is 5.76 Å². The Balaban J connectivity index is 2.99. The molecule has 0 spiro atoms. The van der Waals surface area contributed by atoms with Crippen LogP contribution in [-0.2, 0) is 0 Å². The van der Waals surface area contributed by atoms with Crippen molar-refractivity contribution in [3.05, 3.63) is 33.7 Å². The Labute approximate surface area is 121 Å². The minimum Gasteiger partial charge on any atom is -0.468 e. The maximum Gasteiger partial charge on any atom is 0.291 e. The van der Waals surface area contributed by atoms with E-state index in [0.717, 1.165) is 12.0 Å². The summed E-state index contributed by atoms with van der Waals surface area (Å²) in [5.41, 5.74) is 1.44. The van der Waals surface area contributed by atoms with Crippen LogP contribution in [0, 0.1) is 18.8 Å². The summed E-state index contributed by atoms with van der Waals surface area (Å²) in [6.07, 6.45) is 4.49. The van der Waals surface area contributed by atoms with Gasteiger partial charge in [-0.05, 0) is 37.7 Å². The molecule has 1 aromatic rings. The van der Waals surface area contributed by atoms with Gasteiger partial charge in [0.25, 0.3) is 5.95 Å². The molecule has 1 rings (SSSR count). The first-order chi connectivity index (χ1) is 9.38. The standard InChI is InChI=1S/C17H26O3/c1-7-11(2)8-12(3)9-13(4)16-10-15(18)14(5)17(19-6)20-16/h9-12H,7-8H2,1-6H3. The van der Waals surface area contributed by atoms with Crippen molar-refractivity contribution in [3.8, 4) is 5.95 Å². The molecule has 112 valence electrons. The Hall–Kier alpha value is -1.51. The van der Waals surface area contributed by atoms with Crippen LogP contribution in [0.15, 0.2) is 21.4 Å². The van der Waals surface area contributed by atoms with Crippen molar-refractivity contribution < 1.29 is 9.15 Å². The minimum atomic E-state index is -0.0505. The van der Waals surface area contributed by atoms with E-state index < -0.39 is 0 Å². The van der Waals surface area contributed by atoms with E-state index in [4.69, 9.17) is 9.15 Å². The monoisotopic (exact) mass is 278 g/mol. The van der Waals surface area contributed by atoms with Crippen LogP contribution in [0.5, 0.6) is 5.95 Å². The van der Waals surface area contributed by atoms with E-state index in [0.29, 0.717) is 29.1 Å². The van der Waals surface area contributed by atoms with Crippen molar-refractivity contribution in [1.82, 2.24) is 0 Å². The Morgan fingerprint density at radius 3 is 2.65 bits per heavy atom. The molecule has 20 heavy (non-hydrogen) atoms. The lowest BCUT2D eigenvalue weighted by Gasteiger charge is -2.13. The first kappa shape index (κ1) is 16.5. The fraction of sp³-hybridized carbons (Fsp3) is 0.588. The zero-order chi connectivity index (χ0) is 15.3. The molecule has 0 amide bonds. The maximum atomic E-state index is 11.9. The lowest BCUT2D eigenvalue weighted by molar-refractivity contribution is 0.289. The lowest BCUT2D eigenvalue weighted by atomic mass is 9.93. The van der Waals surface area contributed by atoms with Gasteiger partial charge in [0, 0.05) is 6.07 Å². The highest BCUT2D eigenvalue weighted by molar-refractivity contribution is 5.59. The van der Waals surface area contributed by atoms with Crippen molar-refractivity contribution in [2.45, 2.75) is 47.5 Å². The Morgan fingerprint density at radius 1 is 1.45 bits per heavy atom. The second-order valence-electron chi connectivity index (χ2n) is 5.67. The third kappa shape index (κ3) is 4.26. The summed E-state index contributed by atoms with van der Waals surface area (Å²) in [7, 11) is 1.51. The van der Waals surface area contributed by atoms with Crippen molar-refractivity contribution in [3.63, 3.8) is 0 Å². The molecule has 0 aliphatic heterocycles. The summed E-state index contributed by atoms with van der Waals surface area (Å²) in [5, 5.41) is 0. The van der Waals surface area contributed by atoms with E-state index in [1.165, 1.54) is 13.5 Å². The molecule has 0 radical (unpaired) electrons. The van der Waals surface area contributed by atoms with Crippen LogP contribution < -0.4 is 10.2 Å². The smallest absolute Gasteiger partial charge is 0.291 e. The molecular formula is C17H26O3. The van der Waals surface area contributed by atoms with Crippen LogP contribution in [0.25, 0.3) is 5.57 Å². The molecule has 0 fully saturated rings. The van der Waals surface area contributed by atoms with E-state index >= 15 is 0 Å². The van der Waals surface area contributed by atoms with Crippen LogP contribution >= 0.6 is 0 Å². The largest absolute Gasteiger partial charge is 0.468 e. The van der Waals surface area contributed by atoms with Crippen LogP contribution in [0.2, 0.25) is 0 Å². The van der Waals surface area contributed by atoms with Gasteiger partial charge in [0.05, 0.1) is 12.7 Å². The molecule has 0 bridgehead atoms.